The van der Waals surface area contributed by atoms with E-state index >= 15 is 0 Å². The molecular weight excluding hydrogens is 452 g/mol. The lowest BCUT2D eigenvalue weighted by molar-refractivity contribution is -0.122. The molecule has 1 fully saturated rings. The number of hydrogen-bond acceptors (Lipinski definition) is 4. The molecule has 1 atom stereocenters. The Bertz CT molecular complexity index is 1400. The zero-order chi connectivity index (χ0) is 25.0. The quantitative estimate of drug-likeness (QED) is 0.372. The zero-order valence-electron chi connectivity index (χ0n) is 20.4. The monoisotopic (exact) mass is 482 g/mol. The van der Waals surface area contributed by atoms with E-state index in [1.54, 1.807) is 18.0 Å². The van der Waals surface area contributed by atoms with Crippen LogP contribution >= 0.6 is 0 Å². The maximum atomic E-state index is 12.7. The lowest BCUT2D eigenvalue weighted by Crippen LogP contribution is -2.44. The highest BCUT2D eigenvalue weighted by Crippen LogP contribution is 2.30. The van der Waals surface area contributed by atoms with Crippen molar-refractivity contribution in [2.24, 2.45) is 0 Å². The molecule has 2 amide bonds. The van der Waals surface area contributed by atoms with Crippen LogP contribution in [-0.2, 0) is 22.6 Å². The molecule has 7 nitrogen and oxygen atoms in total. The Labute approximate surface area is 210 Å². The maximum Gasteiger partial charge on any atom is 0.220 e. The van der Waals surface area contributed by atoms with Crippen LogP contribution in [-0.4, -0.2) is 34.2 Å². The summed E-state index contributed by atoms with van der Waals surface area (Å²) in [6.07, 6.45) is 6.51. The molecule has 0 radical (unpaired) electrons. The summed E-state index contributed by atoms with van der Waals surface area (Å²) in [7, 11) is 1.63. The number of aromatic nitrogens is 2. The number of methoxy groups -OCH3 is 1. The number of rotatable bonds is 9. The van der Waals surface area contributed by atoms with Crippen LogP contribution in [0.2, 0.25) is 0 Å². The van der Waals surface area contributed by atoms with E-state index in [4.69, 9.17) is 4.74 Å². The number of fused-ring (bicyclic) bond motifs is 1. The molecule has 1 aromatic heterocycles. The highest BCUT2D eigenvalue weighted by atomic mass is 16.5. The number of nitrogens with zero attached hydrogens (tertiary/aromatic N) is 2. The Hall–Kier alpha value is -4.13. The van der Waals surface area contributed by atoms with Crippen molar-refractivity contribution in [3.05, 3.63) is 90.3 Å². The van der Waals surface area contributed by atoms with Gasteiger partial charge in [0, 0.05) is 36.7 Å². The van der Waals surface area contributed by atoms with Gasteiger partial charge >= 0.3 is 0 Å². The number of carbonyl (C=O) groups excluding carboxylic acids is 2. The third kappa shape index (κ3) is 5.25. The molecule has 5 rings (SSSR count). The summed E-state index contributed by atoms with van der Waals surface area (Å²) in [5, 5.41) is 13.0. The topological polar surface area (TPSA) is 85.2 Å². The molecule has 0 spiro atoms. The number of nitrogens with one attached hydrogen (secondary N) is 2. The lowest BCUT2D eigenvalue weighted by Gasteiger charge is -2.29. The summed E-state index contributed by atoms with van der Waals surface area (Å²) in [5.41, 5.74) is 2.51. The minimum atomic E-state index is -0.397. The highest BCUT2D eigenvalue weighted by Gasteiger charge is 2.37. The number of amides is 2. The van der Waals surface area contributed by atoms with Crippen LogP contribution in [0.5, 0.6) is 5.75 Å². The SMILES string of the molecule is COc1ccccc1-n1cc(CNC(=O)CC[C@]2(Cc3ccc4ccccc4c3)CCC(=O)N2)cn1. The molecule has 0 aliphatic carbocycles. The minimum absolute atomic E-state index is 0.0425. The zero-order valence-corrected chi connectivity index (χ0v) is 20.4. The fraction of sp³-hybridized carbons (Fsp3) is 0.276. The third-order valence-corrected chi connectivity index (χ3v) is 6.88. The van der Waals surface area contributed by atoms with Crippen molar-refractivity contribution in [2.45, 2.75) is 44.2 Å². The summed E-state index contributed by atoms with van der Waals surface area (Å²) >= 11 is 0. The van der Waals surface area contributed by atoms with E-state index in [0.717, 1.165) is 23.4 Å². The second-order valence-electron chi connectivity index (χ2n) is 9.43. The van der Waals surface area contributed by atoms with Crippen LogP contribution in [0, 0.1) is 0 Å². The molecule has 0 unspecified atom stereocenters. The van der Waals surface area contributed by atoms with Gasteiger partial charge in [0.25, 0.3) is 0 Å². The summed E-state index contributed by atoms with van der Waals surface area (Å²) in [5.74, 6) is 0.741. The summed E-state index contributed by atoms with van der Waals surface area (Å²) in [4.78, 5) is 24.9. The molecular formula is C29H30N4O3. The molecule has 1 aliphatic rings. The van der Waals surface area contributed by atoms with E-state index < -0.39 is 5.54 Å². The first-order valence-corrected chi connectivity index (χ1v) is 12.3. The fourth-order valence-electron chi connectivity index (χ4n) is 4.97. The van der Waals surface area contributed by atoms with Crippen LogP contribution in [0.3, 0.4) is 0 Å². The maximum absolute atomic E-state index is 12.7. The van der Waals surface area contributed by atoms with E-state index in [1.165, 1.54) is 16.3 Å². The molecule has 184 valence electrons. The Morgan fingerprint density at radius 2 is 1.89 bits per heavy atom. The molecule has 2 heterocycles. The lowest BCUT2D eigenvalue weighted by atomic mass is 9.84. The predicted octanol–water partition coefficient (Wildman–Crippen LogP) is 4.32. The average molecular weight is 483 g/mol. The summed E-state index contributed by atoms with van der Waals surface area (Å²) in [6, 6.07) is 22.3. The third-order valence-electron chi connectivity index (χ3n) is 6.88. The van der Waals surface area contributed by atoms with Gasteiger partial charge < -0.3 is 15.4 Å². The first-order valence-electron chi connectivity index (χ1n) is 12.3. The molecule has 0 bridgehead atoms. The van der Waals surface area contributed by atoms with Crippen LogP contribution in [0.1, 0.15) is 36.8 Å². The Morgan fingerprint density at radius 3 is 2.69 bits per heavy atom. The van der Waals surface area contributed by atoms with Crippen LogP contribution < -0.4 is 15.4 Å². The van der Waals surface area contributed by atoms with Crippen LogP contribution in [0.15, 0.2) is 79.1 Å². The van der Waals surface area contributed by atoms with Gasteiger partial charge in [0.1, 0.15) is 11.4 Å². The molecule has 7 heteroatoms. The van der Waals surface area contributed by atoms with Gasteiger partial charge in [-0.15, -0.1) is 0 Å². The van der Waals surface area contributed by atoms with Gasteiger partial charge in [0.15, 0.2) is 0 Å². The van der Waals surface area contributed by atoms with Gasteiger partial charge in [-0.2, -0.15) is 5.10 Å². The predicted molar refractivity (Wildman–Crippen MR) is 139 cm³/mol. The minimum Gasteiger partial charge on any atom is -0.494 e. The van der Waals surface area contributed by atoms with Gasteiger partial charge in [-0.3, -0.25) is 9.59 Å². The second-order valence-corrected chi connectivity index (χ2v) is 9.43. The van der Waals surface area contributed by atoms with Crippen molar-refractivity contribution < 1.29 is 14.3 Å². The van der Waals surface area contributed by atoms with Gasteiger partial charge in [-0.1, -0.05) is 54.6 Å². The van der Waals surface area contributed by atoms with Crippen molar-refractivity contribution in [1.82, 2.24) is 20.4 Å². The van der Waals surface area contributed by atoms with Crippen molar-refractivity contribution in [1.29, 1.82) is 0 Å². The molecule has 1 saturated heterocycles. The largest absolute Gasteiger partial charge is 0.494 e. The van der Waals surface area contributed by atoms with E-state index in [-0.39, 0.29) is 11.8 Å². The number of hydrogen-bond donors (Lipinski definition) is 2. The molecule has 2 N–H and O–H groups in total. The molecule has 3 aromatic carbocycles. The fourth-order valence-corrected chi connectivity index (χ4v) is 4.97. The Morgan fingerprint density at radius 1 is 1.08 bits per heavy atom. The highest BCUT2D eigenvalue weighted by molar-refractivity contribution is 5.83. The van der Waals surface area contributed by atoms with Crippen molar-refractivity contribution >= 4 is 22.6 Å². The standard InChI is InChI=1S/C29H30N4O3/c1-36-26-9-5-4-8-25(26)33-20-22(19-31-33)18-30-27(34)12-14-29(15-13-28(35)32-29)17-21-10-11-23-6-2-3-7-24(23)16-21/h2-11,16,19-20H,12-15,17-18H2,1H3,(H,30,34)(H,32,35)/t29-/m1/s1. The van der Waals surface area contributed by atoms with Gasteiger partial charge in [-0.05, 0) is 47.7 Å². The Balaban J connectivity index is 1.20. The van der Waals surface area contributed by atoms with E-state index in [1.807, 2.05) is 42.6 Å². The van der Waals surface area contributed by atoms with Crippen molar-refractivity contribution in [3.8, 4) is 11.4 Å². The first-order chi connectivity index (χ1) is 17.5. The second kappa shape index (κ2) is 10.2. The van der Waals surface area contributed by atoms with Crippen LogP contribution in [0.4, 0.5) is 0 Å². The number of ether oxygens (including phenoxy) is 1. The number of carbonyl (C=O) groups is 2. The van der Waals surface area contributed by atoms with Gasteiger partial charge in [0.2, 0.25) is 11.8 Å². The first kappa shape index (κ1) is 23.6. The van der Waals surface area contributed by atoms with Crippen molar-refractivity contribution in [2.75, 3.05) is 7.11 Å². The summed E-state index contributed by atoms with van der Waals surface area (Å²) in [6.45, 7) is 0.387. The van der Waals surface area contributed by atoms with Gasteiger partial charge in [0.05, 0.1) is 13.3 Å². The van der Waals surface area contributed by atoms with Crippen LogP contribution in [0.25, 0.3) is 16.5 Å². The van der Waals surface area contributed by atoms with E-state index in [0.29, 0.717) is 32.2 Å². The molecule has 4 aromatic rings. The number of benzene rings is 3. The number of para-hydroxylation sites is 2. The van der Waals surface area contributed by atoms with E-state index in [2.05, 4.69) is 46.1 Å². The smallest absolute Gasteiger partial charge is 0.220 e. The average Bonchev–Trinajstić information content (AvgIpc) is 3.53. The summed E-state index contributed by atoms with van der Waals surface area (Å²) < 4.78 is 7.15. The van der Waals surface area contributed by atoms with Crippen molar-refractivity contribution in [3.63, 3.8) is 0 Å². The molecule has 0 saturated carbocycles. The molecule has 1 aliphatic heterocycles. The van der Waals surface area contributed by atoms with E-state index in [9.17, 15) is 9.59 Å². The van der Waals surface area contributed by atoms with Gasteiger partial charge in [-0.25, -0.2) is 4.68 Å². The Kier molecular flexibility index (Phi) is 6.71. The normalized spacial score (nSPS) is 17.2. The molecule has 36 heavy (non-hydrogen) atoms.